The summed E-state index contributed by atoms with van der Waals surface area (Å²) in [7, 11) is 3.55. The highest BCUT2D eigenvalue weighted by Crippen LogP contribution is 2.18. The van der Waals surface area contributed by atoms with Crippen molar-refractivity contribution in [1.82, 2.24) is 14.8 Å². The van der Waals surface area contributed by atoms with Crippen molar-refractivity contribution in [1.29, 1.82) is 0 Å². The number of aryl methyl sites for hydroxylation is 3. The Morgan fingerprint density at radius 2 is 2.06 bits per heavy atom. The zero-order chi connectivity index (χ0) is 13.0. The van der Waals surface area contributed by atoms with Crippen molar-refractivity contribution in [2.75, 3.05) is 7.11 Å². The van der Waals surface area contributed by atoms with E-state index in [1.807, 2.05) is 25.2 Å². The van der Waals surface area contributed by atoms with Crippen LogP contribution in [0, 0.1) is 0 Å². The molecule has 0 unspecified atom stereocenters. The van der Waals surface area contributed by atoms with E-state index < -0.39 is 0 Å². The summed E-state index contributed by atoms with van der Waals surface area (Å²) in [4.78, 5) is 4.38. The summed E-state index contributed by atoms with van der Waals surface area (Å²) in [5.74, 6) is 2.54. The van der Waals surface area contributed by atoms with Gasteiger partial charge in [0.15, 0.2) is 5.82 Å². The largest absolute Gasteiger partial charge is 0.496 e. The van der Waals surface area contributed by atoms with Gasteiger partial charge in [0.1, 0.15) is 11.6 Å². The topological polar surface area (TPSA) is 66.0 Å². The van der Waals surface area contributed by atoms with E-state index in [9.17, 15) is 0 Å². The normalized spacial score (nSPS) is 10.6. The zero-order valence-electron chi connectivity index (χ0n) is 10.8. The van der Waals surface area contributed by atoms with E-state index in [0.29, 0.717) is 6.54 Å². The standard InChI is InChI=1S/C13H18N4O/c1-17-13(9-14)15-12(16-17)8-7-10-5-3-4-6-11(10)18-2/h3-6H,7-9,14H2,1-2H3. The van der Waals surface area contributed by atoms with Gasteiger partial charge in [-0.05, 0) is 18.1 Å². The van der Waals surface area contributed by atoms with E-state index in [-0.39, 0.29) is 0 Å². The van der Waals surface area contributed by atoms with Crippen molar-refractivity contribution in [3.63, 3.8) is 0 Å². The molecule has 0 saturated carbocycles. The summed E-state index contributed by atoms with van der Waals surface area (Å²) >= 11 is 0. The van der Waals surface area contributed by atoms with Gasteiger partial charge in [0, 0.05) is 13.5 Å². The molecule has 1 aromatic carbocycles. The Morgan fingerprint density at radius 3 is 2.72 bits per heavy atom. The van der Waals surface area contributed by atoms with Crippen LogP contribution >= 0.6 is 0 Å². The van der Waals surface area contributed by atoms with E-state index in [0.717, 1.165) is 30.2 Å². The van der Waals surface area contributed by atoms with E-state index in [1.165, 1.54) is 5.56 Å². The molecule has 0 amide bonds. The number of nitrogens with zero attached hydrogens (tertiary/aromatic N) is 3. The van der Waals surface area contributed by atoms with Crippen LogP contribution in [-0.2, 0) is 26.4 Å². The van der Waals surface area contributed by atoms with Gasteiger partial charge in [-0.3, -0.25) is 4.68 Å². The smallest absolute Gasteiger partial charge is 0.151 e. The minimum Gasteiger partial charge on any atom is -0.496 e. The molecular formula is C13H18N4O. The molecule has 0 spiro atoms. The van der Waals surface area contributed by atoms with Gasteiger partial charge >= 0.3 is 0 Å². The Morgan fingerprint density at radius 1 is 1.28 bits per heavy atom. The van der Waals surface area contributed by atoms with Crippen LogP contribution in [0.25, 0.3) is 0 Å². The predicted octanol–water partition coefficient (Wildman–Crippen LogP) is 1.07. The second-order valence-corrected chi connectivity index (χ2v) is 4.08. The Balaban J connectivity index is 2.06. The lowest BCUT2D eigenvalue weighted by molar-refractivity contribution is 0.409. The Bertz CT molecular complexity index is 521. The monoisotopic (exact) mass is 246 g/mol. The quantitative estimate of drug-likeness (QED) is 0.857. The fourth-order valence-electron chi connectivity index (χ4n) is 1.91. The molecule has 2 aromatic rings. The number of ether oxygens (including phenoxy) is 1. The first-order valence-corrected chi connectivity index (χ1v) is 5.95. The summed E-state index contributed by atoms with van der Waals surface area (Å²) in [5.41, 5.74) is 6.74. The third-order valence-corrected chi connectivity index (χ3v) is 2.89. The van der Waals surface area contributed by atoms with E-state index in [1.54, 1.807) is 11.8 Å². The highest BCUT2D eigenvalue weighted by molar-refractivity contribution is 5.33. The molecule has 2 N–H and O–H groups in total. The molecule has 0 fully saturated rings. The van der Waals surface area contributed by atoms with Crippen LogP contribution in [-0.4, -0.2) is 21.9 Å². The lowest BCUT2D eigenvalue weighted by Gasteiger charge is -2.06. The van der Waals surface area contributed by atoms with Crippen molar-refractivity contribution in [3.05, 3.63) is 41.5 Å². The Labute approximate surface area is 107 Å². The van der Waals surface area contributed by atoms with Crippen molar-refractivity contribution in [2.45, 2.75) is 19.4 Å². The summed E-state index contributed by atoms with van der Waals surface area (Å²) in [6, 6.07) is 8.00. The minimum atomic E-state index is 0.415. The molecule has 0 bridgehead atoms. The molecule has 5 heteroatoms. The molecule has 0 aliphatic heterocycles. The summed E-state index contributed by atoms with van der Waals surface area (Å²) in [5, 5.41) is 4.34. The first-order valence-electron chi connectivity index (χ1n) is 5.95. The highest BCUT2D eigenvalue weighted by Gasteiger charge is 2.07. The van der Waals surface area contributed by atoms with Crippen LogP contribution < -0.4 is 10.5 Å². The summed E-state index contributed by atoms with van der Waals surface area (Å²) in [6.07, 6.45) is 1.65. The molecule has 1 aromatic heterocycles. The first kappa shape index (κ1) is 12.6. The molecule has 2 rings (SSSR count). The molecule has 0 aliphatic rings. The van der Waals surface area contributed by atoms with Crippen molar-refractivity contribution >= 4 is 0 Å². The number of nitrogens with two attached hydrogens (primary N) is 1. The maximum atomic E-state index is 5.57. The third-order valence-electron chi connectivity index (χ3n) is 2.89. The molecule has 96 valence electrons. The van der Waals surface area contributed by atoms with Crippen LogP contribution in [0.1, 0.15) is 17.2 Å². The van der Waals surface area contributed by atoms with Crippen LogP contribution in [0.15, 0.2) is 24.3 Å². The first-order chi connectivity index (χ1) is 8.74. The van der Waals surface area contributed by atoms with E-state index in [4.69, 9.17) is 10.5 Å². The Kier molecular flexibility index (Phi) is 3.94. The van der Waals surface area contributed by atoms with Crippen LogP contribution in [0.4, 0.5) is 0 Å². The van der Waals surface area contributed by atoms with Gasteiger partial charge in [0.05, 0.1) is 13.7 Å². The summed E-state index contributed by atoms with van der Waals surface area (Å²) in [6.45, 7) is 0.415. The minimum absolute atomic E-state index is 0.415. The third kappa shape index (κ3) is 2.68. The molecule has 0 atom stereocenters. The summed E-state index contributed by atoms with van der Waals surface area (Å²) < 4.78 is 7.05. The number of hydrogen-bond acceptors (Lipinski definition) is 4. The van der Waals surface area contributed by atoms with Crippen LogP contribution in [0.3, 0.4) is 0 Å². The molecule has 18 heavy (non-hydrogen) atoms. The second kappa shape index (κ2) is 5.64. The van der Waals surface area contributed by atoms with Gasteiger partial charge in [-0.15, -0.1) is 0 Å². The maximum Gasteiger partial charge on any atom is 0.151 e. The number of methoxy groups -OCH3 is 1. The fraction of sp³-hybridized carbons (Fsp3) is 0.385. The average molecular weight is 246 g/mol. The van der Waals surface area contributed by atoms with Gasteiger partial charge in [-0.1, -0.05) is 18.2 Å². The van der Waals surface area contributed by atoms with Crippen molar-refractivity contribution < 1.29 is 4.74 Å². The lowest BCUT2D eigenvalue weighted by atomic mass is 10.1. The van der Waals surface area contributed by atoms with Gasteiger partial charge in [-0.25, -0.2) is 4.98 Å². The molecule has 1 heterocycles. The number of benzene rings is 1. The van der Waals surface area contributed by atoms with E-state index in [2.05, 4.69) is 16.1 Å². The number of para-hydroxylation sites is 1. The number of rotatable bonds is 5. The maximum absolute atomic E-state index is 5.57. The van der Waals surface area contributed by atoms with Crippen LogP contribution in [0.5, 0.6) is 5.75 Å². The van der Waals surface area contributed by atoms with Gasteiger partial charge < -0.3 is 10.5 Å². The second-order valence-electron chi connectivity index (χ2n) is 4.08. The van der Waals surface area contributed by atoms with Gasteiger partial charge in [-0.2, -0.15) is 5.10 Å². The fourth-order valence-corrected chi connectivity index (χ4v) is 1.91. The number of aromatic nitrogens is 3. The zero-order valence-corrected chi connectivity index (χ0v) is 10.8. The van der Waals surface area contributed by atoms with Crippen molar-refractivity contribution in [2.24, 2.45) is 12.8 Å². The molecule has 5 nitrogen and oxygen atoms in total. The average Bonchev–Trinajstić information content (AvgIpc) is 2.77. The van der Waals surface area contributed by atoms with E-state index >= 15 is 0 Å². The SMILES string of the molecule is COc1ccccc1CCc1nc(CN)n(C)n1. The lowest BCUT2D eigenvalue weighted by Crippen LogP contribution is -2.05. The number of hydrogen-bond donors (Lipinski definition) is 1. The molecule has 0 aliphatic carbocycles. The molecule has 0 radical (unpaired) electrons. The predicted molar refractivity (Wildman–Crippen MR) is 69.3 cm³/mol. The Hall–Kier alpha value is -1.88. The molecule has 0 saturated heterocycles. The van der Waals surface area contributed by atoms with Crippen molar-refractivity contribution in [3.8, 4) is 5.75 Å². The molecular weight excluding hydrogens is 228 g/mol. The van der Waals surface area contributed by atoms with Crippen LogP contribution in [0.2, 0.25) is 0 Å². The van der Waals surface area contributed by atoms with Gasteiger partial charge in [0.25, 0.3) is 0 Å². The van der Waals surface area contributed by atoms with Gasteiger partial charge in [0.2, 0.25) is 0 Å². The highest BCUT2D eigenvalue weighted by atomic mass is 16.5.